The van der Waals surface area contributed by atoms with Crippen molar-refractivity contribution in [3.63, 3.8) is 0 Å². The van der Waals surface area contributed by atoms with Gasteiger partial charge in [-0.3, -0.25) is 10.1 Å². The Kier molecular flexibility index (Phi) is 5.81. The number of hydrogen-bond donors (Lipinski definition) is 1. The zero-order valence-corrected chi connectivity index (χ0v) is 18.5. The number of thiophene rings is 1. The molecule has 0 unspecified atom stereocenters. The fraction of sp³-hybridized carbons (Fsp3) is 0.278. The molecule has 0 spiro atoms. The van der Waals surface area contributed by atoms with Crippen LogP contribution in [-0.2, 0) is 16.6 Å². The third-order valence-corrected chi connectivity index (χ3v) is 8.05. The largest absolute Gasteiger partial charge is 0.288 e. The molecule has 8 nitrogen and oxygen atoms in total. The van der Waals surface area contributed by atoms with Gasteiger partial charge in [0.25, 0.3) is 5.91 Å². The van der Waals surface area contributed by atoms with E-state index in [1.807, 2.05) is 24.3 Å². The van der Waals surface area contributed by atoms with E-state index in [-0.39, 0.29) is 15.7 Å². The molecule has 0 atom stereocenters. The van der Waals surface area contributed by atoms with E-state index in [4.69, 9.17) is 0 Å². The van der Waals surface area contributed by atoms with Crippen LogP contribution in [0.5, 0.6) is 0 Å². The average molecular weight is 496 g/mol. The molecule has 0 bridgehead atoms. The second-order valence-electron chi connectivity index (χ2n) is 6.57. The maximum Gasteiger partial charge on any atom is 0.269 e. The molecule has 3 heterocycles. The number of nitrogens with one attached hydrogen (secondary N) is 1. The second kappa shape index (κ2) is 8.34. The third-order valence-electron chi connectivity index (χ3n) is 4.54. The number of nitrogens with zero attached hydrogens (tertiary/aromatic N) is 4. The van der Waals surface area contributed by atoms with Crippen LogP contribution in [0.2, 0.25) is 0 Å². The van der Waals surface area contributed by atoms with Gasteiger partial charge in [-0.15, -0.1) is 16.4 Å². The van der Waals surface area contributed by atoms with E-state index < -0.39 is 15.9 Å². The number of anilines is 1. The van der Waals surface area contributed by atoms with E-state index >= 15 is 0 Å². The van der Waals surface area contributed by atoms with Crippen molar-refractivity contribution < 1.29 is 13.2 Å². The number of amides is 1. The number of halogens is 1. The molecule has 29 heavy (non-hydrogen) atoms. The fourth-order valence-corrected chi connectivity index (χ4v) is 6.17. The Morgan fingerprint density at radius 2 is 1.90 bits per heavy atom. The minimum atomic E-state index is -3.67. The summed E-state index contributed by atoms with van der Waals surface area (Å²) in [4.78, 5) is 17.0. The molecule has 1 fully saturated rings. The van der Waals surface area contributed by atoms with Gasteiger partial charge in [-0.05, 0) is 42.0 Å². The van der Waals surface area contributed by atoms with Crippen molar-refractivity contribution in [3.8, 4) is 0 Å². The molecule has 1 N–H and O–H groups in total. The van der Waals surface area contributed by atoms with Crippen molar-refractivity contribution in [2.45, 2.75) is 24.3 Å². The number of sulfonamides is 1. The van der Waals surface area contributed by atoms with Crippen LogP contribution in [-0.4, -0.2) is 46.5 Å². The molecular formula is C18H18BrN5O3S2. The second-order valence-corrected chi connectivity index (χ2v) is 10.3. The molecule has 0 radical (unpaired) electrons. The lowest BCUT2D eigenvalue weighted by molar-refractivity contribution is 0.102. The lowest BCUT2D eigenvalue weighted by Crippen LogP contribution is -2.29. The smallest absolute Gasteiger partial charge is 0.269 e. The van der Waals surface area contributed by atoms with Crippen LogP contribution in [0.3, 0.4) is 0 Å². The van der Waals surface area contributed by atoms with Gasteiger partial charge < -0.3 is 0 Å². The zero-order valence-electron chi connectivity index (χ0n) is 15.3. The molecular weight excluding hydrogens is 478 g/mol. The lowest BCUT2D eigenvalue weighted by atomic mass is 10.2. The minimum Gasteiger partial charge on any atom is -0.288 e. The van der Waals surface area contributed by atoms with Gasteiger partial charge in [0.2, 0.25) is 16.0 Å². The van der Waals surface area contributed by atoms with Crippen molar-refractivity contribution in [2.24, 2.45) is 0 Å². The highest BCUT2D eigenvalue weighted by atomic mass is 79.9. The molecule has 4 rings (SSSR count). The number of rotatable bonds is 6. The maximum atomic E-state index is 12.8. The zero-order chi connectivity index (χ0) is 20.4. The molecule has 3 aromatic rings. The molecule has 0 aliphatic carbocycles. The minimum absolute atomic E-state index is 0.0381. The molecule has 1 saturated heterocycles. The van der Waals surface area contributed by atoms with Crippen molar-refractivity contribution in [3.05, 3.63) is 57.0 Å². The number of aromatic nitrogens is 3. The van der Waals surface area contributed by atoms with Crippen LogP contribution in [0.15, 0.2) is 51.4 Å². The van der Waals surface area contributed by atoms with Gasteiger partial charge in [0.1, 0.15) is 16.1 Å². The average Bonchev–Trinajstić information content (AvgIpc) is 3.45. The third kappa shape index (κ3) is 4.42. The Balaban J connectivity index is 1.47. The van der Waals surface area contributed by atoms with Gasteiger partial charge in [0.05, 0.1) is 6.54 Å². The first-order chi connectivity index (χ1) is 13.9. The summed E-state index contributed by atoms with van der Waals surface area (Å²) in [5, 5.41) is 8.46. The normalized spacial score (nSPS) is 14.9. The van der Waals surface area contributed by atoms with Gasteiger partial charge in [0, 0.05) is 17.6 Å². The van der Waals surface area contributed by atoms with Crippen molar-refractivity contribution in [1.29, 1.82) is 0 Å². The highest BCUT2D eigenvalue weighted by Gasteiger charge is 2.32. The summed E-state index contributed by atoms with van der Waals surface area (Å²) in [6.45, 7) is 1.48. The number of carbonyl (C=O) groups excluding carboxylic acids is 1. The summed E-state index contributed by atoms with van der Waals surface area (Å²) in [6.07, 6.45) is 3.20. The molecule has 2 aromatic heterocycles. The molecule has 1 aromatic carbocycles. The Labute approximate surface area is 180 Å². The van der Waals surface area contributed by atoms with Crippen molar-refractivity contribution in [1.82, 2.24) is 19.1 Å². The Morgan fingerprint density at radius 3 is 2.62 bits per heavy atom. The highest BCUT2D eigenvalue weighted by Crippen LogP contribution is 2.28. The van der Waals surface area contributed by atoms with Crippen LogP contribution in [0.1, 0.15) is 28.1 Å². The SMILES string of the molecule is O=C(Nc1ncn(Cc2ccc(Br)cc2)n1)c1sccc1S(=O)(=O)N1CCCC1. The fourth-order valence-electron chi connectivity index (χ4n) is 3.10. The first-order valence-corrected chi connectivity index (χ1v) is 12.1. The van der Waals surface area contributed by atoms with Gasteiger partial charge >= 0.3 is 0 Å². The van der Waals surface area contributed by atoms with E-state index in [2.05, 4.69) is 31.3 Å². The quantitative estimate of drug-likeness (QED) is 0.566. The summed E-state index contributed by atoms with van der Waals surface area (Å²) in [6, 6.07) is 9.28. The van der Waals surface area contributed by atoms with Gasteiger partial charge in [-0.2, -0.15) is 4.31 Å². The summed E-state index contributed by atoms with van der Waals surface area (Å²) >= 11 is 4.48. The molecule has 152 valence electrons. The van der Waals surface area contributed by atoms with Gasteiger partial charge in [-0.1, -0.05) is 28.1 Å². The molecule has 11 heteroatoms. The monoisotopic (exact) mass is 495 g/mol. The first-order valence-electron chi connectivity index (χ1n) is 8.96. The van der Waals surface area contributed by atoms with Crippen LogP contribution in [0, 0.1) is 0 Å². The van der Waals surface area contributed by atoms with Gasteiger partial charge in [-0.25, -0.2) is 18.1 Å². The molecule has 1 aliphatic rings. The summed E-state index contributed by atoms with van der Waals surface area (Å²) in [7, 11) is -3.67. The van der Waals surface area contributed by atoms with Crippen molar-refractivity contribution in [2.75, 3.05) is 18.4 Å². The number of benzene rings is 1. The predicted molar refractivity (Wildman–Crippen MR) is 114 cm³/mol. The Morgan fingerprint density at radius 1 is 1.17 bits per heavy atom. The first kappa shape index (κ1) is 20.2. The highest BCUT2D eigenvalue weighted by molar-refractivity contribution is 9.10. The van der Waals surface area contributed by atoms with Crippen LogP contribution in [0.4, 0.5) is 5.95 Å². The van der Waals surface area contributed by atoms with E-state index in [9.17, 15) is 13.2 Å². The number of hydrogen-bond acceptors (Lipinski definition) is 6. The van der Waals surface area contributed by atoms with Crippen LogP contribution < -0.4 is 5.32 Å². The molecule has 1 amide bonds. The number of carbonyl (C=O) groups is 1. The van der Waals surface area contributed by atoms with Crippen molar-refractivity contribution >= 4 is 49.1 Å². The van der Waals surface area contributed by atoms with Crippen LogP contribution >= 0.6 is 27.3 Å². The van der Waals surface area contributed by atoms with Gasteiger partial charge in [0.15, 0.2) is 0 Å². The maximum absolute atomic E-state index is 12.8. The Hall–Kier alpha value is -2.08. The van der Waals surface area contributed by atoms with Crippen LogP contribution in [0.25, 0.3) is 0 Å². The molecule has 0 saturated carbocycles. The summed E-state index contributed by atoms with van der Waals surface area (Å²) < 4.78 is 29.7. The van der Waals surface area contributed by atoms with E-state index in [1.54, 1.807) is 10.1 Å². The molecule has 1 aliphatic heterocycles. The summed E-state index contributed by atoms with van der Waals surface area (Å²) in [5.74, 6) is -0.399. The topological polar surface area (TPSA) is 97.2 Å². The standard InChI is InChI=1S/C18H18BrN5O3S2/c19-14-5-3-13(4-6-14)11-23-12-20-18(22-23)21-17(25)16-15(7-10-28-16)29(26,27)24-8-1-2-9-24/h3-7,10,12H,1-2,8-9,11H2,(H,21,22,25). The van der Waals surface area contributed by atoms with E-state index in [0.29, 0.717) is 19.6 Å². The van der Waals surface area contributed by atoms with E-state index in [1.165, 1.54) is 16.7 Å². The lowest BCUT2D eigenvalue weighted by Gasteiger charge is -2.15. The predicted octanol–water partition coefficient (Wildman–Crippen LogP) is 3.19. The Bertz CT molecular complexity index is 1120. The van der Waals surface area contributed by atoms with E-state index in [0.717, 1.165) is 34.2 Å². The summed E-state index contributed by atoms with van der Waals surface area (Å²) in [5.41, 5.74) is 1.04.